The normalized spacial score (nSPS) is 21.8. The van der Waals surface area contributed by atoms with Gasteiger partial charge in [-0.2, -0.15) is 0 Å². The molecular weight excluding hydrogens is 262 g/mol. The number of rotatable bonds is 8. The third-order valence-corrected chi connectivity index (χ3v) is 3.37. The molecule has 2 atom stereocenters. The molecule has 1 aliphatic heterocycles. The summed E-state index contributed by atoms with van der Waals surface area (Å²) in [5, 5.41) is 5.82. The Morgan fingerprint density at radius 2 is 2.15 bits per heavy atom. The minimum atomic E-state index is -0.216. The van der Waals surface area contributed by atoms with Crippen LogP contribution in [0.4, 0.5) is 0 Å². The zero-order valence-electron chi connectivity index (χ0n) is 12.5. The molecule has 1 heterocycles. The van der Waals surface area contributed by atoms with Gasteiger partial charge in [0.05, 0.1) is 25.7 Å². The largest absolute Gasteiger partial charge is 0.385 e. The van der Waals surface area contributed by atoms with Crippen molar-refractivity contribution >= 4 is 11.8 Å². The number of hydrogen-bond acceptors (Lipinski definition) is 5. The number of methoxy groups -OCH3 is 1. The van der Waals surface area contributed by atoms with E-state index in [9.17, 15) is 9.59 Å². The molecule has 0 aromatic rings. The lowest BCUT2D eigenvalue weighted by atomic mass is 10.0. The molecule has 1 rings (SSSR count). The van der Waals surface area contributed by atoms with Gasteiger partial charge in [0.2, 0.25) is 11.8 Å². The molecule has 0 spiro atoms. The quantitative estimate of drug-likeness (QED) is 0.550. The van der Waals surface area contributed by atoms with Gasteiger partial charge in [-0.05, 0) is 13.5 Å². The van der Waals surface area contributed by atoms with Crippen molar-refractivity contribution in [2.45, 2.75) is 12.5 Å². The smallest absolute Gasteiger partial charge is 0.239 e. The Hall–Kier alpha value is -1.18. The van der Waals surface area contributed by atoms with Crippen LogP contribution in [0.2, 0.25) is 0 Å². The van der Waals surface area contributed by atoms with Crippen LogP contribution in [-0.2, 0) is 19.1 Å². The van der Waals surface area contributed by atoms with Crippen LogP contribution in [-0.4, -0.2) is 76.9 Å². The molecule has 0 aromatic carbocycles. The van der Waals surface area contributed by atoms with Crippen LogP contribution in [0.5, 0.6) is 0 Å². The van der Waals surface area contributed by atoms with Crippen molar-refractivity contribution in [3.05, 3.63) is 0 Å². The van der Waals surface area contributed by atoms with Crippen LogP contribution in [0.25, 0.3) is 0 Å². The van der Waals surface area contributed by atoms with Gasteiger partial charge in [-0.25, -0.2) is 0 Å². The monoisotopic (exact) mass is 287 g/mol. The number of carbonyl (C=O) groups is 2. The summed E-state index contributed by atoms with van der Waals surface area (Å²) >= 11 is 0. The Balaban J connectivity index is 2.32. The first kappa shape index (κ1) is 16.9. The number of amides is 2. The topological polar surface area (TPSA) is 79.9 Å². The van der Waals surface area contributed by atoms with E-state index < -0.39 is 0 Å². The second-order valence-corrected chi connectivity index (χ2v) is 4.93. The molecule has 1 aliphatic rings. The fourth-order valence-corrected chi connectivity index (χ4v) is 2.16. The summed E-state index contributed by atoms with van der Waals surface area (Å²) in [5.41, 5.74) is 0. The van der Waals surface area contributed by atoms with Gasteiger partial charge in [-0.15, -0.1) is 0 Å². The predicted molar refractivity (Wildman–Crippen MR) is 74.3 cm³/mol. The molecule has 116 valence electrons. The van der Waals surface area contributed by atoms with Gasteiger partial charge < -0.3 is 25.0 Å². The van der Waals surface area contributed by atoms with E-state index in [-0.39, 0.29) is 30.3 Å². The maximum absolute atomic E-state index is 12.2. The molecule has 7 nitrogen and oxygen atoms in total. The SMILES string of the molecule is CNC1COCC1C(=O)N(C)CC(=O)NCCCOC. The fourth-order valence-electron chi connectivity index (χ4n) is 2.16. The van der Waals surface area contributed by atoms with Crippen molar-refractivity contribution in [2.75, 3.05) is 54.1 Å². The first-order valence-corrected chi connectivity index (χ1v) is 6.85. The Bertz CT molecular complexity index is 325. The van der Waals surface area contributed by atoms with Crippen LogP contribution in [0.3, 0.4) is 0 Å². The van der Waals surface area contributed by atoms with E-state index in [1.165, 1.54) is 4.90 Å². The summed E-state index contributed by atoms with van der Waals surface area (Å²) in [6.45, 7) is 2.17. The first-order valence-electron chi connectivity index (χ1n) is 6.85. The molecule has 2 unspecified atom stereocenters. The number of likely N-dealkylation sites (N-methyl/N-ethyl adjacent to an activating group) is 2. The highest BCUT2D eigenvalue weighted by Crippen LogP contribution is 2.15. The van der Waals surface area contributed by atoms with Gasteiger partial charge in [0.25, 0.3) is 0 Å². The fraction of sp³-hybridized carbons (Fsp3) is 0.846. The van der Waals surface area contributed by atoms with Gasteiger partial charge >= 0.3 is 0 Å². The standard InChI is InChI=1S/C13H25N3O4/c1-14-11-9-20-8-10(11)13(18)16(2)7-12(17)15-5-4-6-19-3/h10-11,14H,4-9H2,1-3H3,(H,15,17). The molecule has 0 radical (unpaired) electrons. The van der Waals surface area contributed by atoms with Crippen LogP contribution < -0.4 is 10.6 Å². The van der Waals surface area contributed by atoms with E-state index in [0.717, 1.165) is 6.42 Å². The Labute approximate surface area is 120 Å². The maximum atomic E-state index is 12.2. The zero-order chi connectivity index (χ0) is 15.0. The second kappa shape index (κ2) is 8.89. The predicted octanol–water partition coefficient (Wildman–Crippen LogP) is -1.17. The van der Waals surface area contributed by atoms with E-state index in [0.29, 0.717) is 26.4 Å². The summed E-state index contributed by atoms with van der Waals surface area (Å²) in [7, 11) is 5.07. The molecule has 2 N–H and O–H groups in total. The summed E-state index contributed by atoms with van der Waals surface area (Å²) < 4.78 is 10.2. The molecular formula is C13H25N3O4. The lowest BCUT2D eigenvalue weighted by molar-refractivity contribution is -0.138. The third-order valence-electron chi connectivity index (χ3n) is 3.37. The van der Waals surface area contributed by atoms with Crippen LogP contribution in [0.1, 0.15) is 6.42 Å². The molecule has 1 fully saturated rings. The van der Waals surface area contributed by atoms with Gasteiger partial charge in [-0.1, -0.05) is 0 Å². The van der Waals surface area contributed by atoms with E-state index >= 15 is 0 Å². The van der Waals surface area contributed by atoms with E-state index in [4.69, 9.17) is 9.47 Å². The molecule has 0 aliphatic carbocycles. The number of hydrogen-bond donors (Lipinski definition) is 2. The molecule has 0 aromatic heterocycles. The minimum Gasteiger partial charge on any atom is -0.385 e. The van der Waals surface area contributed by atoms with Gasteiger partial charge in [0.15, 0.2) is 0 Å². The molecule has 20 heavy (non-hydrogen) atoms. The number of carbonyl (C=O) groups excluding carboxylic acids is 2. The Kier molecular flexibility index (Phi) is 7.50. The van der Waals surface area contributed by atoms with Crippen LogP contribution in [0.15, 0.2) is 0 Å². The summed E-state index contributed by atoms with van der Waals surface area (Å²) in [4.78, 5) is 25.4. The van der Waals surface area contributed by atoms with Crippen molar-refractivity contribution in [3.8, 4) is 0 Å². The highest BCUT2D eigenvalue weighted by molar-refractivity contribution is 5.86. The van der Waals surface area contributed by atoms with Crippen molar-refractivity contribution in [3.63, 3.8) is 0 Å². The molecule has 1 saturated heterocycles. The maximum Gasteiger partial charge on any atom is 0.239 e. The van der Waals surface area contributed by atoms with Gasteiger partial charge in [0.1, 0.15) is 0 Å². The number of nitrogens with zero attached hydrogens (tertiary/aromatic N) is 1. The highest BCUT2D eigenvalue weighted by atomic mass is 16.5. The summed E-state index contributed by atoms with van der Waals surface area (Å²) in [6, 6.07) is 0.0229. The third kappa shape index (κ3) is 5.07. The zero-order valence-corrected chi connectivity index (χ0v) is 12.5. The number of nitrogens with one attached hydrogen (secondary N) is 2. The minimum absolute atomic E-state index is 0.0229. The Morgan fingerprint density at radius 1 is 1.40 bits per heavy atom. The van der Waals surface area contributed by atoms with Crippen molar-refractivity contribution < 1.29 is 19.1 Å². The first-order chi connectivity index (χ1) is 9.60. The molecule has 7 heteroatoms. The van der Waals surface area contributed by atoms with Crippen molar-refractivity contribution in [1.29, 1.82) is 0 Å². The van der Waals surface area contributed by atoms with Gasteiger partial charge in [0, 0.05) is 33.4 Å². The van der Waals surface area contributed by atoms with E-state index in [1.807, 2.05) is 7.05 Å². The number of ether oxygens (including phenoxy) is 2. The van der Waals surface area contributed by atoms with Gasteiger partial charge in [-0.3, -0.25) is 9.59 Å². The summed E-state index contributed by atoms with van der Waals surface area (Å²) in [6.07, 6.45) is 0.762. The summed E-state index contributed by atoms with van der Waals surface area (Å²) in [5.74, 6) is -0.433. The highest BCUT2D eigenvalue weighted by Gasteiger charge is 2.35. The second-order valence-electron chi connectivity index (χ2n) is 4.93. The Morgan fingerprint density at radius 3 is 2.80 bits per heavy atom. The lowest BCUT2D eigenvalue weighted by Gasteiger charge is -2.23. The van der Waals surface area contributed by atoms with Crippen LogP contribution >= 0.6 is 0 Å². The van der Waals surface area contributed by atoms with E-state index in [1.54, 1.807) is 14.2 Å². The van der Waals surface area contributed by atoms with E-state index in [2.05, 4.69) is 10.6 Å². The average molecular weight is 287 g/mol. The van der Waals surface area contributed by atoms with Crippen molar-refractivity contribution in [1.82, 2.24) is 15.5 Å². The average Bonchev–Trinajstić information content (AvgIpc) is 2.91. The molecule has 0 bridgehead atoms. The molecule has 2 amide bonds. The lowest BCUT2D eigenvalue weighted by Crippen LogP contribution is -2.46. The van der Waals surface area contributed by atoms with Crippen LogP contribution in [0, 0.1) is 5.92 Å². The van der Waals surface area contributed by atoms with Crippen molar-refractivity contribution in [2.24, 2.45) is 5.92 Å². The molecule has 0 saturated carbocycles.